The van der Waals surface area contributed by atoms with Crippen LogP contribution in [0.5, 0.6) is 0 Å². The number of nitrogens with zero attached hydrogens (tertiary/aromatic N) is 1. The summed E-state index contributed by atoms with van der Waals surface area (Å²) in [4.78, 5) is 42.9. The van der Waals surface area contributed by atoms with Crippen molar-refractivity contribution in [1.82, 2.24) is 4.90 Å². The van der Waals surface area contributed by atoms with Crippen molar-refractivity contribution in [2.75, 3.05) is 27.8 Å². The van der Waals surface area contributed by atoms with E-state index in [4.69, 9.17) is 37.9 Å². The molecule has 0 bridgehead atoms. The zero-order valence-electron chi connectivity index (χ0n) is 35.9. The number of esters is 1. The van der Waals surface area contributed by atoms with Gasteiger partial charge in [-0.1, -0.05) is 27.7 Å². The Labute approximate surface area is 332 Å². The molecule has 0 amide bonds. The zero-order valence-corrected chi connectivity index (χ0v) is 35.9. The predicted molar refractivity (Wildman–Crippen MR) is 202 cm³/mol. The first-order valence-electron chi connectivity index (χ1n) is 20.1. The molecule has 3 aliphatic heterocycles. The van der Waals surface area contributed by atoms with E-state index in [9.17, 15) is 34.8 Å². The molecule has 0 spiro atoms. The minimum atomic E-state index is -2.02. The highest BCUT2D eigenvalue weighted by Gasteiger charge is 2.54. The van der Waals surface area contributed by atoms with Gasteiger partial charge < -0.3 is 63.2 Å². The van der Waals surface area contributed by atoms with E-state index in [1.54, 1.807) is 48.5 Å². The van der Waals surface area contributed by atoms with E-state index in [2.05, 4.69) is 0 Å². The molecule has 18 atom stereocenters. The number of likely N-dealkylation sites (N-methyl/N-ethyl adjacent to an activating group) is 1. The van der Waals surface area contributed by atoms with Crippen molar-refractivity contribution >= 4 is 17.9 Å². The van der Waals surface area contributed by atoms with E-state index in [0.29, 0.717) is 6.42 Å². The molecular formula is C40H71NO15. The number of aliphatic hydroxyl groups excluding tert-OH is 2. The van der Waals surface area contributed by atoms with Crippen LogP contribution in [-0.4, -0.2) is 155 Å². The molecule has 3 aliphatic rings. The fourth-order valence-electron chi connectivity index (χ4n) is 8.78. The van der Waals surface area contributed by atoms with Crippen molar-refractivity contribution in [3.05, 3.63) is 0 Å². The molecule has 16 heteroatoms. The fraction of sp³-hybridized carbons (Fsp3) is 0.925. The van der Waals surface area contributed by atoms with Gasteiger partial charge in [-0.15, -0.1) is 0 Å². The number of ether oxygens (including phenoxy) is 8. The summed E-state index contributed by atoms with van der Waals surface area (Å²) < 4.78 is 48.6. The molecule has 0 saturated carbocycles. The molecule has 3 heterocycles. The molecular weight excluding hydrogens is 734 g/mol. The van der Waals surface area contributed by atoms with E-state index in [-0.39, 0.29) is 32.0 Å². The number of carbonyl (C=O) groups is 3. The number of Topliss-reactive ketones (excluding diaryl/α,β-unsaturated/α-hetero) is 1. The van der Waals surface area contributed by atoms with E-state index < -0.39 is 120 Å². The highest BCUT2D eigenvalue weighted by molar-refractivity contribution is 5.83. The molecule has 3 fully saturated rings. The van der Waals surface area contributed by atoms with Gasteiger partial charge in [0.1, 0.15) is 23.6 Å². The molecule has 3 saturated heterocycles. The largest absolute Gasteiger partial charge is 0.508 e. The summed E-state index contributed by atoms with van der Waals surface area (Å²) in [5, 5.41) is 46.6. The van der Waals surface area contributed by atoms with Crippen LogP contribution in [0.3, 0.4) is 0 Å². The lowest BCUT2D eigenvalue weighted by Gasteiger charge is -2.49. The number of ketones is 1. The third kappa shape index (κ3) is 10.8. The molecule has 0 aliphatic carbocycles. The normalized spacial score (nSPS) is 46.2. The molecule has 3 rings (SSSR count). The van der Waals surface area contributed by atoms with Crippen molar-refractivity contribution in [1.29, 1.82) is 0 Å². The van der Waals surface area contributed by atoms with Crippen molar-refractivity contribution < 1.29 is 72.7 Å². The molecule has 4 N–H and O–H groups in total. The molecule has 0 radical (unpaired) electrons. The predicted octanol–water partition coefficient (Wildman–Crippen LogP) is 2.97. The summed E-state index contributed by atoms with van der Waals surface area (Å²) in [7, 11) is 5.13. The summed E-state index contributed by atoms with van der Waals surface area (Å²) in [6.45, 7) is 17.9. The summed E-state index contributed by atoms with van der Waals surface area (Å²) >= 11 is 0. The number of hydrogen-bond donors (Lipinski definition) is 4. The van der Waals surface area contributed by atoms with Crippen LogP contribution in [0.1, 0.15) is 102 Å². The number of methoxy groups -OCH3 is 1. The molecule has 0 aromatic rings. The molecule has 0 aromatic heterocycles. The van der Waals surface area contributed by atoms with Crippen LogP contribution < -0.4 is 0 Å². The van der Waals surface area contributed by atoms with Gasteiger partial charge >= 0.3 is 12.1 Å². The molecule has 16 nitrogen and oxygen atoms in total. The quantitative estimate of drug-likeness (QED) is 0.247. The molecule has 0 aromatic carbocycles. The maximum absolute atomic E-state index is 14.2. The van der Waals surface area contributed by atoms with Crippen LogP contribution in [0.25, 0.3) is 0 Å². The standard InChI is InChI=1S/C40H71NO15/c1-15-27-40(11,48)32(43)22(5)29(42)20(3)18-38(9,47)34(56-36-31(55-37(46)50-16-2)26(41(12)13)17-21(4)51-36)23(6)30(24(7)35(45)53-27)54-28-19-39(10,49-14)33(44)25(8)52-28/h20-28,30-34,36,43-44,47-48H,15-19H2,1-14H3/t20-,21-,22+,23+,24-,25+,26+,27-,28+,30+,31-,32-,33+,34-,36+,38-,39-,40-/m1/s1. The third-order valence-corrected chi connectivity index (χ3v) is 12.3. The van der Waals surface area contributed by atoms with Gasteiger partial charge in [0.25, 0.3) is 0 Å². The Morgan fingerprint density at radius 1 is 0.893 bits per heavy atom. The zero-order chi connectivity index (χ0) is 42.7. The van der Waals surface area contributed by atoms with Gasteiger partial charge in [0.2, 0.25) is 0 Å². The number of aliphatic hydroxyl groups is 4. The lowest BCUT2D eigenvalue weighted by Crippen LogP contribution is -2.61. The maximum Gasteiger partial charge on any atom is 0.508 e. The van der Waals surface area contributed by atoms with Crippen LogP contribution in [0.2, 0.25) is 0 Å². The summed E-state index contributed by atoms with van der Waals surface area (Å²) in [6.07, 6.45) is -11.2. The van der Waals surface area contributed by atoms with Gasteiger partial charge in [0.15, 0.2) is 18.7 Å². The Hall–Kier alpha value is -1.99. The van der Waals surface area contributed by atoms with Crippen molar-refractivity contribution in [2.45, 2.75) is 186 Å². The molecule has 326 valence electrons. The fourth-order valence-corrected chi connectivity index (χ4v) is 8.78. The van der Waals surface area contributed by atoms with E-state index in [0.717, 1.165) is 0 Å². The van der Waals surface area contributed by atoms with Crippen molar-refractivity contribution in [3.8, 4) is 0 Å². The van der Waals surface area contributed by atoms with Crippen LogP contribution in [0, 0.1) is 23.7 Å². The first kappa shape index (κ1) is 48.4. The SMILES string of the molecule is CCOC(=O)O[C@H]1[C@H](O[C@@H]2[C@@H](C)[C@H](O[C@H]3C[C@@](C)(OC)[C@@H](O)[C@H](C)O3)[C@@H](C)C(=O)O[C@H](CC)[C@@](C)(O)[C@H](O)[C@@H](C)C(=O)[C@H](C)C[C@@]2(C)O)O[C@H](C)C[C@@H]1N(C)C. The second-order valence-corrected chi connectivity index (χ2v) is 17.2. The first-order valence-corrected chi connectivity index (χ1v) is 20.1. The van der Waals surface area contributed by atoms with Gasteiger partial charge in [-0.05, 0) is 81.8 Å². The lowest BCUT2D eigenvalue weighted by atomic mass is 9.74. The highest BCUT2D eigenvalue weighted by atomic mass is 16.8. The van der Waals surface area contributed by atoms with Gasteiger partial charge in [-0.25, -0.2) is 4.79 Å². The average Bonchev–Trinajstić information content (AvgIpc) is 3.12. The van der Waals surface area contributed by atoms with E-state index in [1.165, 1.54) is 27.9 Å². The van der Waals surface area contributed by atoms with Gasteiger partial charge in [0, 0.05) is 31.3 Å². The minimum absolute atomic E-state index is 0.0625. The Morgan fingerprint density at radius 2 is 1.52 bits per heavy atom. The second kappa shape index (κ2) is 19.4. The Bertz CT molecular complexity index is 1310. The van der Waals surface area contributed by atoms with Crippen molar-refractivity contribution in [2.24, 2.45) is 23.7 Å². The summed E-state index contributed by atoms with van der Waals surface area (Å²) in [5.41, 5.74) is -4.98. The van der Waals surface area contributed by atoms with Crippen LogP contribution in [0.15, 0.2) is 0 Å². The summed E-state index contributed by atoms with van der Waals surface area (Å²) in [6, 6.07) is -0.398. The van der Waals surface area contributed by atoms with Crippen molar-refractivity contribution in [3.63, 3.8) is 0 Å². The van der Waals surface area contributed by atoms with Gasteiger partial charge in [-0.2, -0.15) is 0 Å². The highest BCUT2D eigenvalue weighted by Crippen LogP contribution is 2.41. The number of cyclic esters (lactones) is 1. The number of rotatable bonds is 9. The topological polar surface area (TPSA) is 209 Å². The minimum Gasteiger partial charge on any atom is -0.459 e. The van der Waals surface area contributed by atoms with Gasteiger partial charge in [-0.3, -0.25) is 9.59 Å². The van der Waals surface area contributed by atoms with Gasteiger partial charge in [0.05, 0.1) is 60.3 Å². The average molecular weight is 806 g/mol. The van der Waals surface area contributed by atoms with E-state index in [1.807, 2.05) is 25.9 Å². The monoisotopic (exact) mass is 805 g/mol. The molecule has 0 unspecified atom stereocenters. The Kier molecular flexibility index (Phi) is 16.7. The number of carbonyl (C=O) groups excluding carboxylic acids is 3. The maximum atomic E-state index is 14.2. The Balaban J connectivity index is 2.24. The van der Waals surface area contributed by atoms with E-state index >= 15 is 0 Å². The number of hydrogen-bond acceptors (Lipinski definition) is 16. The summed E-state index contributed by atoms with van der Waals surface area (Å²) in [5.74, 6) is -5.24. The van der Waals surface area contributed by atoms with Crippen LogP contribution >= 0.6 is 0 Å². The van der Waals surface area contributed by atoms with Crippen LogP contribution in [-0.2, 0) is 47.5 Å². The molecule has 56 heavy (non-hydrogen) atoms. The van der Waals surface area contributed by atoms with Crippen LogP contribution in [0.4, 0.5) is 4.79 Å². The second-order valence-electron chi connectivity index (χ2n) is 17.2. The third-order valence-electron chi connectivity index (χ3n) is 12.3. The Morgan fingerprint density at radius 3 is 2.07 bits per heavy atom. The first-order chi connectivity index (χ1) is 25.9. The smallest absolute Gasteiger partial charge is 0.459 e. The lowest BCUT2D eigenvalue weighted by molar-refractivity contribution is -0.318.